The molecule has 1 aromatic carbocycles. The van der Waals surface area contributed by atoms with Crippen molar-refractivity contribution < 1.29 is 14.3 Å². The Morgan fingerprint density at radius 3 is 2.95 bits per heavy atom. The largest absolute Gasteiger partial charge is 0.497 e. The van der Waals surface area contributed by atoms with Crippen molar-refractivity contribution in [1.29, 1.82) is 0 Å². The summed E-state index contributed by atoms with van der Waals surface area (Å²) in [5, 5.41) is 2.77. The summed E-state index contributed by atoms with van der Waals surface area (Å²) < 4.78 is 11.9. The number of hydrogen-bond donors (Lipinski definition) is 2. The maximum Gasteiger partial charge on any atom is 0.221 e. The topological polar surface area (TPSA) is 91.4 Å². The molecule has 0 unspecified atom stereocenters. The van der Waals surface area contributed by atoms with Crippen molar-refractivity contribution in [3.05, 3.63) is 18.2 Å². The highest BCUT2D eigenvalue weighted by atomic mass is 16.5. The molecule has 0 saturated heterocycles. The number of nitrogens with two attached hydrogens (primary N) is 1. The number of hydrogen-bond acceptors (Lipinski definition) is 5. The molecule has 7 heteroatoms. The average Bonchev–Trinajstić information content (AvgIpc) is 2.80. The molecule has 0 aliphatic heterocycles. The molecule has 0 fully saturated rings. The van der Waals surface area contributed by atoms with Gasteiger partial charge >= 0.3 is 0 Å². The van der Waals surface area contributed by atoms with Crippen LogP contribution in [0.5, 0.6) is 5.75 Å². The van der Waals surface area contributed by atoms with E-state index in [0.29, 0.717) is 32.1 Å². The van der Waals surface area contributed by atoms with Crippen LogP contribution in [-0.4, -0.2) is 42.8 Å². The van der Waals surface area contributed by atoms with Gasteiger partial charge in [0.1, 0.15) is 5.75 Å². The Hall–Kier alpha value is -2.28. The summed E-state index contributed by atoms with van der Waals surface area (Å²) in [5.74, 6) is 1.08. The fourth-order valence-corrected chi connectivity index (χ4v) is 2.08. The molecule has 1 heterocycles. The normalized spacial score (nSPS) is 10.8. The van der Waals surface area contributed by atoms with E-state index in [2.05, 4.69) is 10.3 Å². The predicted molar refractivity (Wildman–Crippen MR) is 80.2 cm³/mol. The summed E-state index contributed by atoms with van der Waals surface area (Å²) in [4.78, 5) is 16.0. The van der Waals surface area contributed by atoms with Crippen molar-refractivity contribution in [3.8, 4) is 5.75 Å². The zero-order valence-electron chi connectivity index (χ0n) is 12.3. The van der Waals surface area contributed by atoms with Gasteiger partial charge in [-0.1, -0.05) is 0 Å². The van der Waals surface area contributed by atoms with Crippen LogP contribution in [0.1, 0.15) is 6.42 Å². The number of carbonyl (C=O) groups excluding carboxylic acids is 1. The summed E-state index contributed by atoms with van der Waals surface area (Å²) in [7, 11) is 3.20. The second kappa shape index (κ2) is 6.94. The van der Waals surface area contributed by atoms with Crippen LogP contribution < -0.4 is 15.8 Å². The van der Waals surface area contributed by atoms with E-state index in [1.165, 1.54) is 0 Å². The third-order valence-electron chi connectivity index (χ3n) is 3.18. The van der Waals surface area contributed by atoms with E-state index < -0.39 is 0 Å². The standard InChI is InChI=1S/C14H20N4O3/c1-20-8-6-16-13(19)5-7-18-12-9-10(21-2)3-4-11(12)17-14(18)15/h3-4,9H,5-8H2,1-2H3,(H2,15,17)(H,16,19). The van der Waals surface area contributed by atoms with E-state index in [4.69, 9.17) is 15.2 Å². The number of aryl methyl sites for hydroxylation is 1. The number of carbonyl (C=O) groups is 1. The minimum absolute atomic E-state index is 0.0452. The smallest absolute Gasteiger partial charge is 0.221 e. The van der Waals surface area contributed by atoms with Crippen molar-refractivity contribution in [2.45, 2.75) is 13.0 Å². The van der Waals surface area contributed by atoms with Crippen molar-refractivity contribution in [2.75, 3.05) is 33.1 Å². The minimum Gasteiger partial charge on any atom is -0.497 e. The van der Waals surface area contributed by atoms with E-state index in [1.807, 2.05) is 22.8 Å². The molecule has 0 atom stereocenters. The third kappa shape index (κ3) is 3.63. The number of imidazole rings is 1. The maximum absolute atomic E-state index is 11.7. The molecule has 3 N–H and O–H groups in total. The summed E-state index contributed by atoms with van der Waals surface area (Å²) >= 11 is 0. The molecule has 114 valence electrons. The van der Waals surface area contributed by atoms with E-state index in [9.17, 15) is 4.79 Å². The number of methoxy groups -OCH3 is 2. The molecule has 0 aliphatic carbocycles. The first-order valence-corrected chi connectivity index (χ1v) is 6.71. The van der Waals surface area contributed by atoms with Gasteiger partial charge in [0, 0.05) is 32.7 Å². The van der Waals surface area contributed by atoms with Crippen molar-refractivity contribution in [2.24, 2.45) is 0 Å². The SMILES string of the molecule is COCCNC(=O)CCn1c(N)nc2ccc(OC)cc21. The number of aromatic nitrogens is 2. The summed E-state index contributed by atoms with van der Waals surface area (Å²) in [5.41, 5.74) is 7.56. The van der Waals surface area contributed by atoms with Crippen LogP contribution in [0.4, 0.5) is 5.95 Å². The quantitative estimate of drug-likeness (QED) is 0.736. The second-order valence-electron chi connectivity index (χ2n) is 4.57. The number of amides is 1. The number of nitrogens with zero attached hydrogens (tertiary/aromatic N) is 2. The van der Waals surface area contributed by atoms with Crippen LogP contribution in [0, 0.1) is 0 Å². The Labute approximate surface area is 123 Å². The molecule has 7 nitrogen and oxygen atoms in total. The molecule has 21 heavy (non-hydrogen) atoms. The molecule has 0 aliphatic rings. The van der Waals surface area contributed by atoms with Gasteiger partial charge in [0.15, 0.2) is 0 Å². The third-order valence-corrected chi connectivity index (χ3v) is 3.18. The zero-order valence-corrected chi connectivity index (χ0v) is 12.3. The van der Waals surface area contributed by atoms with Crippen LogP contribution in [0.25, 0.3) is 11.0 Å². The monoisotopic (exact) mass is 292 g/mol. The fraction of sp³-hybridized carbons (Fsp3) is 0.429. The first-order valence-electron chi connectivity index (χ1n) is 6.71. The molecule has 0 spiro atoms. The summed E-state index contributed by atoms with van der Waals surface area (Å²) in [6.07, 6.45) is 0.330. The van der Waals surface area contributed by atoms with Crippen LogP contribution in [0.2, 0.25) is 0 Å². The molecule has 0 radical (unpaired) electrons. The lowest BCUT2D eigenvalue weighted by molar-refractivity contribution is -0.121. The molecular weight excluding hydrogens is 272 g/mol. The van der Waals surface area contributed by atoms with E-state index in [-0.39, 0.29) is 5.91 Å². The van der Waals surface area contributed by atoms with Gasteiger partial charge in [-0.2, -0.15) is 0 Å². The molecular formula is C14H20N4O3. The van der Waals surface area contributed by atoms with Crippen LogP contribution in [0.15, 0.2) is 18.2 Å². The Balaban J connectivity index is 2.07. The van der Waals surface area contributed by atoms with E-state index in [1.54, 1.807) is 14.2 Å². The van der Waals surface area contributed by atoms with Gasteiger partial charge in [0.25, 0.3) is 0 Å². The van der Waals surface area contributed by atoms with Gasteiger partial charge < -0.3 is 25.1 Å². The Kier molecular flexibility index (Phi) is 4.99. The Morgan fingerprint density at radius 1 is 1.43 bits per heavy atom. The lowest BCUT2D eigenvalue weighted by atomic mass is 10.3. The van der Waals surface area contributed by atoms with Crippen molar-refractivity contribution >= 4 is 22.9 Å². The molecule has 2 rings (SSSR count). The number of anilines is 1. The molecule has 1 amide bonds. The Morgan fingerprint density at radius 2 is 2.24 bits per heavy atom. The molecule has 0 bridgehead atoms. The summed E-state index contributed by atoms with van der Waals surface area (Å²) in [6.45, 7) is 1.47. The van der Waals surface area contributed by atoms with Crippen LogP contribution in [-0.2, 0) is 16.1 Å². The molecule has 1 aromatic heterocycles. The highest BCUT2D eigenvalue weighted by molar-refractivity contribution is 5.80. The van der Waals surface area contributed by atoms with Crippen LogP contribution >= 0.6 is 0 Å². The van der Waals surface area contributed by atoms with Crippen LogP contribution in [0.3, 0.4) is 0 Å². The van der Waals surface area contributed by atoms with Gasteiger partial charge in [-0.05, 0) is 12.1 Å². The fourth-order valence-electron chi connectivity index (χ4n) is 2.08. The predicted octanol–water partition coefficient (Wildman–Crippen LogP) is 0.780. The highest BCUT2D eigenvalue weighted by Gasteiger charge is 2.10. The minimum atomic E-state index is -0.0452. The van der Waals surface area contributed by atoms with Gasteiger partial charge in [0.2, 0.25) is 11.9 Å². The number of rotatable bonds is 7. The van der Waals surface area contributed by atoms with Gasteiger partial charge in [-0.25, -0.2) is 4.98 Å². The number of fused-ring (bicyclic) bond motifs is 1. The van der Waals surface area contributed by atoms with Gasteiger partial charge in [0.05, 0.1) is 24.8 Å². The van der Waals surface area contributed by atoms with E-state index in [0.717, 1.165) is 16.8 Å². The number of nitrogen functional groups attached to an aromatic ring is 1. The number of benzene rings is 1. The summed E-state index contributed by atoms with van der Waals surface area (Å²) in [6, 6.07) is 5.54. The number of ether oxygens (including phenoxy) is 2. The Bertz CT molecular complexity index is 624. The van der Waals surface area contributed by atoms with Gasteiger partial charge in [-0.3, -0.25) is 4.79 Å². The lowest BCUT2D eigenvalue weighted by Crippen LogP contribution is -2.27. The second-order valence-corrected chi connectivity index (χ2v) is 4.57. The average molecular weight is 292 g/mol. The first kappa shape index (κ1) is 15.1. The maximum atomic E-state index is 11.7. The zero-order chi connectivity index (χ0) is 15.2. The van der Waals surface area contributed by atoms with Crippen molar-refractivity contribution in [1.82, 2.24) is 14.9 Å². The van der Waals surface area contributed by atoms with E-state index >= 15 is 0 Å². The first-order chi connectivity index (χ1) is 10.2. The lowest BCUT2D eigenvalue weighted by Gasteiger charge is -2.08. The highest BCUT2D eigenvalue weighted by Crippen LogP contribution is 2.23. The van der Waals surface area contributed by atoms with Gasteiger partial charge in [-0.15, -0.1) is 0 Å². The molecule has 0 saturated carbocycles. The molecule has 2 aromatic rings. The number of nitrogens with one attached hydrogen (secondary N) is 1. The van der Waals surface area contributed by atoms with Crippen molar-refractivity contribution in [3.63, 3.8) is 0 Å².